The van der Waals surface area contributed by atoms with Gasteiger partial charge in [0.1, 0.15) is 11.8 Å². The van der Waals surface area contributed by atoms with Gasteiger partial charge < -0.3 is 15.0 Å². The second-order valence-electron chi connectivity index (χ2n) is 7.55. The van der Waals surface area contributed by atoms with Crippen LogP contribution in [0.1, 0.15) is 17.5 Å². The zero-order valence-corrected chi connectivity index (χ0v) is 18.5. The van der Waals surface area contributed by atoms with Crippen LogP contribution in [-0.2, 0) is 22.6 Å². The predicted octanol–water partition coefficient (Wildman–Crippen LogP) is 4.62. The van der Waals surface area contributed by atoms with Crippen molar-refractivity contribution in [3.8, 4) is 5.75 Å². The second kappa shape index (κ2) is 9.16. The summed E-state index contributed by atoms with van der Waals surface area (Å²) < 4.78 is 5.58. The number of nitrogens with zero attached hydrogens (tertiary/aromatic N) is 1. The van der Waals surface area contributed by atoms with Crippen LogP contribution in [0.25, 0.3) is 10.8 Å². The molecule has 1 unspecified atom stereocenters. The Bertz CT molecular complexity index is 1150. The van der Waals surface area contributed by atoms with Crippen LogP contribution in [0, 0.1) is 0 Å². The number of hydrogen-bond acceptors (Lipinski definition) is 3. The summed E-state index contributed by atoms with van der Waals surface area (Å²) in [5.74, 6) is 0.439. The third kappa shape index (κ3) is 4.63. The Hall–Kier alpha value is -2.76. The van der Waals surface area contributed by atoms with Gasteiger partial charge in [0.15, 0.2) is 0 Å². The van der Waals surface area contributed by atoms with Crippen LogP contribution in [0.2, 0.25) is 10.0 Å². The molecule has 0 aromatic heterocycles. The maximum absolute atomic E-state index is 13.4. The maximum Gasteiger partial charge on any atom is 0.245 e. The number of amides is 2. The lowest BCUT2D eigenvalue weighted by atomic mass is 10.0. The lowest BCUT2D eigenvalue weighted by Crippen LogP contribution is -2.45. The minimum absolute atomic E-state index is 0.132. The molecule has 1 atom stereocenters. The number of nitrogens with one attached hydrogen (secondary N) is 1. The molecule has 2 amide bonds. The normalized spacial score (nSPS) is 16.9. The Morgan fingerprint density at radius 1 is 1.06 bits per heavy atom. The van der Waals surface area contributed by atoms with Gasteiger partial charge in [-0.1, -0.05) is 59.6 Å². The van der Waals surface area contributed by atoms with Crippen molar-refractivity contribution >= 4 is 45.8 Å². The summed E-state index contributed by atoms with van der Waals surface area (Å²) in [6.07, 6.45) is 0.585. The molecule has 160 valence electrons. The van der Waals surface area contributed by atoms with Crippen molar-refractivity contribution in [2.75, 3.05) is 13.7 Å². The first-order valence-corrected chi connectivity index (χ1v) is 10.8. The minimum atomic E-state index is -0.673. The molecule has 0 saturated carbocycles. The van der Waals surface area contributed by atoms with Crippen molar-refractivity contribution in [2.24, 2.45) is 0 Å². The highest BCUT2D eigenvalue weighted by molar-refractivity contribution is 6.42. The summed E-state index contributed by atoms with van der Waals surface area (Å²) in [5, 5.41) is 5.82. The van der Waals surface area contributed by atoms with Gasteiger partial charge in [0.2, 0.25) is 11.8 Å². The Morgan fingerprint density at radius 3 is 2.65 bits per heavy atom. The smallest absolute Gasteiger partial charge is 0.245 e. The zero-order valence-electron chi connectivity index (χ0n) is 17.0. The number of benzene rings is 3. The number of hydrogen-bond donors (Lipinski definition) is 1. The van der Waals surface area contributed by atoms with E-state index in [-0.39, 0.29) is 18.2 Å². The van der Waals surface area contributed by atoms with Crippen molar-refractivity contribution < 1.29 is 14.3 Å². The SMILES string of the molecule is COc1ccc2ccccc2c1CN1CCC(=O)NC(Cc2ccc(Cl)c(Cl)c2)C1=O. The summed E-state index contributed by atoms with van der Waals surface area (Å²) in [4.78, 5) is 27.4. The monoisotopic (exact) mass is 456 g/mol. The van der Waals surface area contributed by atoms with Gasteiger partial charge in [0, 0.05) is 31.5 Å². The third-order valence-electron chi connectivity index (χ3n) is 5.54. The summed E-state index contributed by atoms with van der Waals surface area (Å²) in [5.41, 5.74) is 1.76. The van der Waals surface area contributed by atoms with Crippen molar-refractivity contribution in [2.45, 2.75) is 25.4 Å². The molecule has 3 aromatic rings. The highest BCUT2D eigenvalue weighted by Gasteiger charge is 2.31. The van der Waals surface area contributed by atoms with Gasteiger partial charge in [-0.15, -0.1) is 0 Å². The molecule has 7 heteroatoms. The van der Waals surface area contributed by atoms with E-state index < -0.39 is 6.04 Å². The largest absolute Gasteiger partial charge is 0.496 e. The van der Waals surface area contributed by atoms with E-state index in [1.807, 2.05) is 42.5 Å². The molecular formula is C24H22Cl2N2O3. The van der Waals surface area contributed by atoms with Crippen molar-refractivity contribution in [3.63, 3.8) is 0 Å². The average Bonchev–Trinajstić information content (AvgIpc) is 2.90. The molecule has 4 rings (SSSR count). The topological polar surface area (TPSA) is 58.6 Å². The lowest BCUT2D eigenvalue weighted by molar-refractivity contribution is -0.134. The molecule has 1 heterocycles. The number of fused-ring (bicyclic) bond motifs is 1. The molecular weight excluding hydrogens is 435 g/mol. The van der Waals surface area contributed by atoms with E-state index in [1.165, 1.54) is 0 Å². The van der Waals surface area contributed by atoms with E-state index in [0.717, 1.165) is 27.6 Å². The van der Waals surface area contributed by atoms with E-state index in [2.05, 4.69) is 5.32 Å². The highest BCUT2D eigenvalue weighted by Crippen LogP contribution is 2.30. The lowest BCUT2D eigenvalue weighted by Gasteiger charge is -2.26. The molecule has 0 spiro atoms. The minimum Gasteiger partial charge on any atom is -0.496 e. The predicted molar refractivity (Wildman–Crippen MR) is 123 cm³/mol. The first kappa shape index (κ1) is 21.5. The van der Waals surface area contributed by atoms with E-state index in [9.17, 15) is 9.59 Å². The number of rotatable bonds is 5. The van der Waals surface area contributed by atoms with Crippen LogP contribution in [0.3, 0.4) is 0 Å². The second-order valence-corrected chi connectivity index (χ2v) is 8.36. The average molecular weight is 457 g/mol. The first-order chi connectivity index (χ1) is 15.0. The zero-order chi connectivity index (χ0) is 22.0. The number of methoxy groups -OCH3 is 1. The van der Waals surface area contributed by atoms with E-state index >= 15 is 0 Å². The van der Waals surface area contributed by atoms with Gasteiger partial charge in [-0.25, -0.2) is 0 Å². The van der Waals surface area contributed by atoms with Crippen LogP contribution >= 0.6 is 23.2 Å². The molecule has 1 fully saturated rings. The van der Waals surface area contributed by atoms with Crippen molar-refractivity contribution in [1.29, 1.82) is 0 Å². The summed E-state index contributed by atoms with van der Waals surface area (Å²) in [7, 11) is 1.62. The molecule has 1 aliphatic rings. The van der Waals surface area contributed by atoms with Gasteiger partial charge in [-0.2, -0.15) is 0 Å². The molecule has 31 heavy (non-hydrogen) atoms. The third-order valence-corrected chi connectivity index (χ3v) is 6.28. The Kier molecular flexibility index (Phi) is 6.35. The van der Waals surface area contributed by atoms with Gasteiger partial charge in [-0.05, 0) is 34.5 Å². The fourth-order valence-electron chi connectivity index (χ4n) is 3.95. The maximum atomic E-state index is 13.4. The molecule has 0 bridgehead atoms. The number of carbonyl (C=O) groups excluding carboxylic acids is 2. The van der Waals surface area contributed by atoms with Gasteiger partial charge in [-0.3, -0.25) is 9.59 Å². The Morgan fingerprint density at radius 2 is 1.87 bits per heavy atom. The highest BCUT2D eigenvalue weighted by atomic mass is 35.5. The van der Waals surface area contributed by atoms with Crippen LogP contribution < -0.4 is 10.1 Å². The Labute approximate surface area is 190 Å². The summed E-state index contributed by atoms with van der Waals surface area (Å²) in [6.45, 7) is 0.700. The van der Waals surface area contributed by atoms with Gasteiger partial charge >= 0.3 is 0 Å². The van der Waals surface area contributed by atoms with Crippen LogP contribution in [-0.4, -0.2) is 36.4 Å². The van der Waals surface area contributed by atoms with Crippen LogP contribution in [0.4, 0.5) is 0 Å². The number of carbonyl (C=O) groups is 2. The van der Waals surface area contributed by atoms with Crippen molar-refractivity contribution in [1.82, 2.24) is 10.2 Å². The molecule has 3 aromatic carbocycles. The first-order valence-electron chi connectivity index (χ1n) is 10.0. The quantitative estimate of drug-likeness (QED) is 0.609. The molecule has 1 saturated heterocycles. The van der Waals surface area contributed by atoms with Gasteiger partial charge in [0.25, 0.3) is 0 Å². The van der Waals surface area contributed by atoms with Gasteiger partial charge in [0.05, 0.1) is 17.2 Å². The number of ether oxygens (including phenoxy) is 1. The number of halogens is 2. The van der Waals surface area contributed by atoms with Crippen molar-refractivity contribution in [3.05, 3.63) is 75.8 Å². The molecule has 0 radical (unpaired) electrons. The fourth-order valence-corrected chi connectivity index (χ4v) is 4.27. The summed E-state index contributed by atoms with van der Waals surface area (Å²) in [6, 6.07) is 16.5. The molecule has 1 aliphatic heterocycles. The van der Waals surface area contributed by atoms with Crippen LogP contribution in [0.15, 0.2) is 54.6 Å². The van der Waals surface area contributed by atoms with Crippen LogP contribution in [0.5, 0.6) is 5.75 Å². The van der Waals surface area contributed by atoms with E-state index in [4.69, 9.17) is 27.9 Å². The molecule has 5 nitrogen and oxygen atoms in total. The van der Waals surface area contributed by atoms with E-state index in [0.29, 0.717) is 29.6 Å². The standard InChI is InChI=1S/C24H22Cl2N2O3/c1-31-22-9-7-16-4-2-3-5-17(16)18(22)14-28-11-10-23(29)27-21(24(28)30)13-15-6-8-19(25)20(26)12-15/h2-9,12,21H,10-11,13-14H2,1H3,(H,27,29). The molecule has 1 N–H and O–H groups in total. The summed E-state index contributed by atoms with van der Waals surface area (Å²) >= 11 is 12.1. The Balaban J connectivity index is 1.64. The molecule has 0 aliphatic carbocycles. The van der Waals surface area contributed by atoms with E-state index in [1.54, 1.807) is 24.1 Å². The fraction of sp³-hybridized carbons (Fsp3) is 0.250.